The van der Waals surface area contributed by atoms with Crippen molar-refractivity contribution in [3.63, 3.8) is 0 Å². The van der Waals surface area contributed by atoms with E-state index in [0.29, 0.717) is 0 Å². The van der Waals surface area contributed by atoms with Gasteiger partial charge in [-0.1, -0.05) is 0 Å². The zero-order chi connectivity index (χ0) is 30.9. The molecule has 0 aromatic carbocycles. The van der Waals surface area contributed by atoms with Gasteiger partial charge in [-0.2, -0.15) is 17.7 Å². The second-order valence-electron chi connectivity index (χ2n) is 8.63. The van der Waals surface area contributed by atoms with Crippen molar-refractivity contribution in [1.82, 2.24) is 18.7 Å². The van der Waals surface area contributed by atoms with Crippen LogP contribution in [0.1, 0.15) is 16.6 Å². The van der Waals surface area contributed by atoms with Crippen LogP contribution in [0, 0.1) is 0 Å². The highest BCUT2D eigenvalue weighted by atomic mass is 32.2. The lowest BCUT2D eigenvalue weighted by Gasteiger charge is -2.11. The number of aromatic nitrogens is 5. The van der Waals surface area contributed by atoms with Gasteiger partial charge in [0.1, 0.15) is 24.4 Å². The molecule has 3 aromatic rings. The number of hydrogen-bond acceptors (Lipinski definition) is 12. The van der Waals surface area contributed by atoms with E-state index in [4.69, 9.17) is 22.4 Å². The van der Waals surface area contributed by atoms with E-state index < -0.39 is 64.0 Å². The first-order chi connectivity index (χ1) is 19.0. The van der Waals surface area contributed by atoms with E-state index in [9.17, 15) is 42.9 Å². The van der Waals surface area contributed by atoms with Gasteiger partial charge in [-0.25, -0.2) is 23.0 Å². The van der Waals surface area contributed by atoms with Crippen molar-refractivity contribution in [1.29, 1.82) is 0 Å². The molecule has 0 radical (unpaired) electrons. The van der Waals surface area contributed by atoms with Gasteiger partial charge in [-0.05, 0) is 6.07 Å². The summed E-state index contributed by atoms with van der Waals surface area (Å²) in [5, 5.41) is 29.3. The van der Waals surface area contributed by atoms with Crippen molar-refractivity contribution in [3.8, 4) is 0 Å². The van der Waals surface area contributed by atoms with Crippen LogP contribution in [0.4, 0.5) is 13.2 Å². The quantitative estimate of drug-likeness (QED) is 0.112. The number of esters is 1. The van der Waals surface area contributed by atoms with E-state index in [1.165, 1.54) is 51.6 Å². The summed E-state index contributed by atoms with van der Waals surface area (Å²) < 4.78 is 74.7. The summed E-state index contributed by atoms with van der Waals surface area (Å²) in [4.78, 5) is 41.8. The van der Waals surface area contributed by atoms with Crippen molar-refractivity contribution in [2.75, 3.05) is 13.2 Å². The normalized spacial score (nSPS) is 21.0. The molecule has 4 heterocycles. The number of aliphatic hydroxyl groups excluding tert-OH is 3. The summed E-state index contributed by atoms with van der Waals surface area (Å²) in [5.74, 6) is -0.720. The largest absolute Gasteiger partial charge is 0.741 e. The van der Waals surface area contributed by atoms with Crippen LogP contribution in [0.25, 0.3) is 11.2 Å². The van der Waals surface area contributed by atoms with Crippen LogP contribution >= 0.6 is 0 Å². The molecule has 1 aliphatic heterocycles. The van der Waals surface area contributed by atoms with Gasteiger partial charge in [0.2, 0.25) is 0 Å². The molecule has 1 saturated heterocycles. The first-order valence-corrected chi connectivity index (χ1v) is 12.8. The Morgan fingerprint density at radius 1 is 1.24 bits per heavy atom. The maximum Gasteiger partial charge on any atom is 0.485 e. The van der Waals surface area contributed by atoms with E-state index in [2.05, 4.69) is 4.98 Å². The minimum atomic E-state index is -6.09. The van der Waals surface area contributed by atoms with Gasteiger partial charge in [0.15, 0.2) is 39.8 Å². The zero-order valence-corrected chi connectivity index (χ0v) is 22.0. The Hall–Kier alpha value is -3.69. The number of carbonyl (C=O) groups excluding carboxylic acids is 1. The molecule has 3 aromatic heterocycles. The first-order valence-electron chi connectivity index (χ1n) is 11.4. The minimum Gasteiger partial charge on any atom is -0.741 e. The molecular formula is C21H24F3N5O11S. The number of fused-ring (bicyclic) bond motifs is 1. The maximum atomic E-state index is 12.7. The lowest BCUT2D eigenvalue weighted by atomic mass is 10.1. The maximum absolute atomic E-state index is 12.7. The van der Waals surface area contributed by atoms with Crippen LogP contribution in [0.2, 0.25) is 0 Å². The van der Waals surface area contributed by atoms with Crippen molar-refractivity contribution >= 4 is 27.3 Å². The molecule has 41 heavy (non-hydrogen) atoms. The number of aliphatic hydroxyl groups is 3. The number of imidazole rings is 1. The van der Waals surface area contributed by atoms with Crippen LogP contribution in [-0.4, -0.2) is 90.0 Å². The average Bonchev–Trinajstić information content (AvgIpc) is 3.43. The predicted octanol–water partition coefficient (Wildman–Crippen LogP) is -2.76. The molecule has 0 unspecified atom stereocenters. The van der Waals surface area contributed by atoms with Crippen molar-refractivity contribution in [2.45, 2.75) is 36.6 Å². The second-order valence-corrected chi connectivity index (χ2v) is 10.0. The van der Waals surface area contributed by atoms with Crippen molar-refractivity contribution in [2.24, 2.45) is 14.1 Å². The Balaban J connectivity index is 0.000000507. The highest BCUT2D eigenvalue weighted by Crippen LogP contribution is 2.25. The molecule has 0 spiro atoms. The first kappa shape index (κ1) is 31.8. The van der Waals surface area contributed by atoms with Gasteiger partial charge < -0.3 is 33.9 Å². The molecular weight excluding hydrogens is 587 g/mol. The summed E-state index contributed by atoms with van der Waals surface area (Å²) in [6.45, 7) is -0.861. The highest BCUT2D eigenvalue weighted by Gasteiger charge is 2.48. The van der Waals surface area contributed by atoms with Crippen LogP contribution in [-0.2, 0) is 40.2 Å². The fraction of sp³-hybridized carbons (Fsp3) is 0.476. The molecule has 1 aliphatic rings. The molecule has 4 rings (SSSR count). The smallest absolute Gasteiger partial charge is 0.485 e. The topological polar surface area (TPSA) is 219 Å². The molecule has 0 saturated carbocycles. The highest BCUT2D eigenvalue weighted by molar-refractivity contribution is 7.86. The number of pyridine rings is 1. The number of nitrogens with zero attached hydrogens (tertiary/aromatic N) is 5. The number of aryl methyl sites for hydroxylation is 2. The number of rotatable bonds is 6. The van der Waals surface area contributed by atoms with Gasteiger partial charge >= 0.3 is 17.2 Å². The molecule has 4 atom stereocenters. The van der Waals surface area contributed by atoms with E-state index in [0.717, 1.165) is 4.57 Å². The number of ether oxygens (including phenoxy) is 2. The Labute approximate surface area is 227 Å². The van der Waals surface area contributed by atoms with Gasteiger partial charge in [-0.3, -0.25) is 13.9 Å². The van der Waals surface area contributed by atoms with Gasteiger partial charge in [-0.15, -0.1) is 0 Å². The molecule has 20 heteroatoms. The molecule has 0 amide bonds. The third-order valence-electron chi connectivity index (χ3n) is 5.90. The van der Waals surface area contributed by atoms with Crippen LogP contribution in [0.15, 0.2) is 40.4 Å². The number of halogens is 3. The number of alkyl halides is 3. The predicted molar refractivity (Wildman–Crippen MR) is 126 cm³/mol. The summed E-state index contributed by atoms with van der Waals surface area (Å²) in [7, 11) is -2.95. The van der Waals surface area contributed by atoms with Crippen LogP contribution in [0.5, 0.6) is 0 Å². The van der Waals surface area contributed by atoms with Gasteiger partial charge in [0.25, 0.3) is 11.8 Å². The minimum absolute atomic E-state index is 0.123. The molecule has 226 valence electrons. The molecule has 1 fully saturated rings. The third-order valence-corrected chi connectivity index (χ3v) is 6.47. The summed E-state index contributed by atoms with van der Waals surface area (Å²) >= 11 is 0. The van der Waals surface area contributed by atoms with E-state index in [1.807, 2.05) is 0 Å². The van der Waals surface area contributed by atoms with Crippen LogP contribution < -0.4 is 15.8 Å². The van der Waals surface area contributed by atoms with Gasteiger partial charge in [0.05, 0.1) is 19.5 Å². The second kappa shape index (κ2) is 12.0. The summed E-state index contributed by atoms with van der Waals surface area (Å²) in [6.07, 6.45) is -0.195. The summed E-state index contributed by atoms with van der Waals surface area (Å²) in [5.41, 5.74) is -6.12. The van der Waals surface area contributed by atoms with Crippen LogP contribution in [0.3, 0.4) is 0 Å². The monoisotopic (exact) mass is 611 g/mol. The van der Waals surface area contributed by atoms with E-state index >= 15 is 0 Å². The zero-order valence-electron chi connectivity index (χ0n) is 21.2. The molecule has 0 aliphatic carbocycles. The molecule has 0 bridgehead atoms. The average molecular weight is 612 g/mol. The Kier molecular flexibility index (Phi) is 9.35. The Morgan fingerprint density at radius 3 is 2.44 bits per heavy atom. The van der Waals surface area contributed by atoms with E-state index in [1.54, 1.807) is 7.05 Å². The van der Waals surface area contributed by atoms with Gasteiger partial charge in [0, 0.05) is 20.2 Å². The SMILES string of the molecule is Cn1cnc2c1c(=O)n(CCOC(=O)c1ccc[n+]([C@@H]3O[C@H](CO)[C@@H](O)[C@H]3O)c1)c(=O)n2C.O=S(=O)([O-])C(F)(F)F. The third kappa shape index (κ3) is 6.63. The Morgan fingerprint density at radius 2 is 1.88 bits per heavy atom. The Bertz CT molecular complexity index is 1650. The lowest BCUT2D eigenvalue weighted by molar-refractivity contribution is -0.765. The number of hydrogen-bond donors (Lipinski definition) is 3. The molecule has 3 N–H and O–H groups in total. The fourth-order valence-corrected chi connectivity index (χ4v) is 3.80. The van der Waals surface area contributed by atoms with Crippen molar-refractivity contribution in [3.05, 3.63) is 57.3 Å². The fourth-order valence-electron chi connectivity index (χ4n) is 3.80. The van der Waals surface area contributed by atoms with E-state index in [-0.39, 0.29) is 29.9 Å². The lowest BCUT2D eigenvalue weighted by Crippen LogP contribution is -2.46. The summed E-state index contributed by atoms with van der Waals surface area (Å²) in [6, 6.07) is 3.01. The molecule has 16 nitrogen and oxygen atoms in total. The van der Waals surface area contributed by atoms with Crippen molar-refractivity contribution < 1.29 is 60.3 Å². The standard InChI is InChI=1S/C20H24N5O8.CHF3O3S/c1-22-10-21-16-13(22)17(29)25(20(31)23(16)2)6-7-32-19(30)11-4-3-5-24(8-11)18-15(28)14(27)12(9-26)33-18;2-1(3,4)8(5,6)7/h3-5,8,10,12,14-15,18,26-28H,6-7,9H2,1-2H3;(H,5,6,7)/q+1;/p-1/t12-,14-,15-,18-;/m1./s1. The number of carbonyl (C=O) groups is 1.